The molecule has 0 amide bonds. The van der Waals surface area contributed by atoms with E-state index in [9.17, 15) is 25.1 Å². The predicted molar refractivity (Wildman–Crippen MR) is 84.9 cm³/mol. The lowest BCUT2D eigenvalue weighted by Crippen LogP contribution is -2.41. The molecule has 1 fully saturated rings. The van der Waals surface area contributed by atoms with Crippen LogP contribution in [0.2, 0.25) is 0 Å². The van der Waals surface area contributed by atoms with E-state index >= 15 is 0 Å². The van der Waals surface area contributed by atoms with Crippen LogP contribution in [-0.4, -0.2) is 49.4 Å². The molecule has 1 aliphatic rings. The van der Waals surface area contributed by atoms with Crippen molar-refractivity contribution < 1.29 is 25.1 Å². The van der Waals surface area contributed by atoms with E-state index in [1.807, 2.05) is 35.3 Å². The fourth-order valence-electron chi connectivity index (χ4n) is 2.91. The van der Waals surface area contributed by atoms with Crippen molar-refractivity contribution in [3.63, 3.8) is 0 Å². The summed E-state index contributed by atoms with van der Waals surface area (Å²) in [7, 11) is 0. The van der Waals surface area contributed by atoms with Crippen LogP contribution in [0.5, 0.6) is 0 Å². The fourth-order valence-corrected chi connectivity index (χ4v) is 2.91. The average molecular weight is 350 g/mol. The van der Waals surface area contributed by atoms with E-state index in [1.165, 1.54) is 0 Å². The Morgan fingerprint density at radius 2 is 1.88 bits per heavy atom. The Morgan fingerprint density at radius 1 is 1.16 bits per heavy atom. The Hall–Kier alpha value is -2.30. The average Bonchev–Trinajstić information content (AvgIpc) is 2.89. The number of hydrogen-bond donors (Lipinski definition) is 4. The van der Waals surface area contributed by atoms with Crippen molar-refractivity contribution in [2.45, 2.75) is 37.1 Å². The van der Waals surface area contributed by atoms with Gasteiger partial charge in [-0.2, -0.15) is 0 Å². The van der Waals surface area contributed by atoms with Crippen LogP contribution < -0.4 is 11.2 Å². The van der Waals surface area contributed by atoms with Gasteiger partial charge in [0.05, 0.1) is 0 Å². The van der Waals surface area contributed by atoms with E-state index in [0.29, 0.717) is 0 Å². The lowest BCUT2D eigenvalue weighted by molar-refractivity contribution is -0.304. The quantitative estimate of drug-likeness (QED) is 0.412. The SMILES string of the molecule is O=c1ccn([C@@H]2O[C@H](C(Cc3ccccc3)OO)[C@@H](O)[C@H]2O)c(=O)[nH]1. The maximum atomic E-state index is 11.9. The van der Waals surface area contributed by atoms with Crippen molar-refractivity contribution in [1.29, 1.82) is 0 Å². The summed E-state index contributed by atoms with van der Waals surface area (Å²) < 4.78 is 6.54. The second kappa shape index (κ2) is 7.30. The van der Waals surface area contributed by atoms with Gasteiger partial charge in [-0.15, -0.1) is 0 Å². The van der Waals surface area contributed by atoms with Gasteiger partial charge in [0.25, 0.3) is 5.56 Å². The minimum Gasteiger partial charge on any atom is -0.387 e. The summed E-state index contributed by atoms with van der Waals surface area (Å²) in [5.74, 6) is 0. The van der Waals surface area contributed by atoms with Crippen molar-refractivity contribution in [2.75, 3.05) is 0 Å². The third kappa shape index (κ3) is 3.55. The van der Waals surface area contributed by atoms with E-state index < -0.39 is 41.9 Å². The minimum atomic E-state index is -1.44. The summed E-state index contributed by atoms with van der Waals surface area (Å²) in [5.41, 5.74) is -0.545. The molecule has 0 radical (unpaired) electrons. The number of aromatic amines is 1. The molecule has 9 nitrogen and oxygen atoms in total. The number of aliphatic hydroxyl groups excluding tert-OH is 2. The summed E-state index contributed by atoms with van der Waals surface area (Å²) in [6.45, 7) is 0. The normalized spacial score (nSPS) is 27.3. The Morgan fingerprint density at radius 3 is 2.52 bits per heavy atom. The zero-order valence-corrected chi connectivity index (χ0v) is 13.1. The van der Waals surface area contributed by atoms with Gasteiger partial charge in [-0.1, -0.05) is 30.3 Å². The molecule has 1 unspecified atom stereocenters. The van der Waals surface area contributed by atoms with Gasteiger partial charge >= 0.3 is 5.69 Å². The minimum absolute atomic E-state index is 0.221. The van der Waals surface area contributed by atoms with Gasteiger partial charge in [0, 0.05) is 18.7 Å². The number of rotatable bonds is 5. The number of benzene rings is 1. The molecular formula is C16H18N2O7. The Balaban J connectivity index is 1.83. The first kappa shape index (κ1) is 17.5. The van der Waals surface area contributed by atoms with Gasteiger partial charge in [-0.25, -0.2) is 9.68 Å². The molecule has 1 aliphatic heterocycles. The smallest absolute Gasteiger partial charge is 0.330 e. The van der Waals surface area contributed by atoms with Crippen LogP contribution in [0.25, 0.3) is 0 Å². The number of H-pyrrole nitrogens is 1. The predicted octanol–water partition coefficient (Wildman–Crippen LogP) is -0.743. The lowest BCUT2D eigenvalue weighted by atomic mass is 9.99. The number of nitrogens with zero attached hydrogens (tertiary/aromatic N) is 1. The highest BCUT2D eigenvalue weighted by Gasteiger charge is 2.48. The van der Waals surface area contributed by atoms with Crippen molar-refractivity contribution >= 4 is 0 Å². The highest BCUT2D eigenvalue weighted by Crippen LogP contribution is 2.31. The second-order valence-electron chi connectivity index (χ2n) is 5.82. The van der Waals surface area contributed by atoms with E-state index in [4.69, 9.17) is 4.74 Å². The number of nitrogens with one attached hydrogen (secondary N) is 1. The van der Waals surface area contributed by atoms with Crippen molar-refractivity contribution in [1.82, 2.24) is 9.55 Å². The third-order valence-electron chi connectivity index (χ3n) is 4.18. The first-order valence-electron chi connectivity index (χ1n) is 7.68. The molecule has 1 aromatic carbocycles. The number of ether oxygens (including phenoxy) is 1. The van der Waals surface area contributed by atoms with Gasteiger partial charge in [-0.05, 0) is 5.56 Å². The molecule has 3 rings (SSSR count). The van der Waals surface area contributed by atoms with Crippen LogP contribution in [0, 0.1) is 0 Å². The van der Waals surface area contributed by atoms with Crippen molar-refractivity contribution in [2.24, 2.45) is 0 Å². The molecule has 0 spiro atoms. The summed E-state index contributed by atoms with van der Waals surface area (Å²) in [5, 5.41) is 29.7. The molecule has 9 heteroatoms. The monoisotopic (exact) mass is 350 g/mol. The van der Waals surface area contributed by atoms with Crippen LogP contribution >= 0.6 is 0 Å². The fraction of sp³-hybridized carbons (Fsp3) is 0.375. The van der Waals surface area contributed by atoms with Crippen LogP contribution in [0.3, 0.4) is 0 Å². The standard InChI is InChI=1S/C16H18N2O7/c19-11-6-7-18(16(22)17-11)15-13(21)12(20)14(24-15)10(25-23)8-9-4-2-1-3-5-9/h1-7,10,12-15,20-21,23H,8H2,(H,17,19,22)/t10?,12-,13+,14+,15+/m0/s1. The molecule has 134 valence electrons. The summed E-state index contributed by atoms with van der Waals surface area (Å²) in [6, 6.07) is 10.2. The zero-order valence-electron chi connectivity index (χ0n) is 13.1. The van der Waals surface area contributed by atoms with Crippen LogP contribution in [-0.2, 0) is 16.0 Å². The molecule has 0 saturated carbocycles. The molecule has 1 saturated heterocycles. The van der Waals surface area contributed by atoms with Gasteiger partial charge in [-0.3, -0.25) is 19.6 Å². The Kier molecular flexibility index (Phi) is 5.11. The number of aromatic nitrogens is 2. The highest BCUT2D eigenvalue weighted by atomic mass is 17.1. The molecule has 0 bridgehead atoms. The maximum absolute atomic E-state index is 11.9. The van der Waals surface area contributed by atoms with Crippen LogP contribution in [0.15, 0.2) is 52.2 Å². The summed E-state index contributed by atoms with van der Waals surface area (Å²) in [4.78, 5) is 29.5. The topological polar surface area (TPSA) is 134 Å². The van der Waals surface area contributed by atoms with Gasteiger partial charge in [0.2, 0.25) is 0 Å². The lowest BCUT2D eigenvalue weighted by Gasteiger charge is -2.23. The third-order valence-corrected chi connectivity index (χ3v) is 4.18. The molecule has 25 heavy (non-hydrogen) atoms. The molecule has 2 aromatic rings. The van der Waals surface area contributed by atoms with Gasteiger partial charge in [0.1, 0.15) is 24.4 Å². The molecule has 5 atom stereocenters. The van der Waals surface area contributed by atoms with Gasteiger partial charge < -0.3 is 14.9 Å². The molecule has 1 aromatic heterocycles. The zero-order chi connectivity index (χ0) is 18.0. The molecule has 4 N–H and O–H groups in total. The first-order valence-corrected chi connectivity index (χ1v) is 7.68. The number of aliphatic hydroxyl groups is 2. The highest BCUT2D eigenvalue weighted by molar-refractivity contribution is 5.16. The number of hydrogen-bond acceptors (Lipinski definition) is 7. The maximum Gasteiger partial charge on any atom is 0.330 e. The second-order valence-corrected chi connectivity index (χ2v) is 5.82. The van der Waals surface area contributed by atoms with Gasteiger partial charge in [0.15, 0.2) is 6.23 Å². The van der Waals surface area contributed by atoms with Crippen molar-refractivity contribution in [3.8, 4) is 0 Å². The first-order chi connectivity index (χ1) is 12.0. The Bertz CT molecular complexity index is 819. The van der Waals surface area contributed by atoms with E-state index in [0.717, 1.165) is 22.4 Å². The van der Waals surface area contributed by atoms with E-state index in [1.54, 1.807) is 0 Å². The Labute approximate surface area is 141 Å². The van der Waals surface area contributed by atoms with E-state index in [2.05, 4.69) is 4.89 Å². The molecule has 2 heterocycles. The van der Waals surface area contributed by atoms with Crippen molar-refractivity contribution in [3.05, 3.63) is 69.0 Å². The summed E-state index contributed by atoms with van der Waals surface area (Å²) in [6.07, 6.45) is -4.72. The van der Waals surface area contributed by atoms with Crippen LogP contribution in [0.4, 0.5) is 0 Å². The molecular weight excluding hydrogens is 332 g/mol. The van der Waals surface area contributed by atoms with Crippen LogP contribution in [0.1, 0.15) is 11.8 Å². The molecule has 0 aliphatic carbocycles. The largest absolute Gasteiger partial charge is 0.387 e. The summed E-state index contributed by atoms with van der Waals surface area (Å²) >= 11 is 0. The van der Waals surface area contributed by atoms with E-state index in [-0.39, 0.29) is 6.42 Å².